The fourth-order valence-corrected chi connectivity index (χ4v) is 2.10. The van der Waals surface area contributed by atoms with Crippen molar-refractivity contribution in [3.63, 3.8) is 0 Å². The molecule has 1 aromatic carbocycles. The van der Waals surface area contributed by atoms with Crippen LogP contribution in [0.2, 0.25) is 0 Å². The Kier molecular flexibility index (Phi) is 3.80. The van der Waals surface area contributed by atoms with Crippen molar-refractivity contribution in [3.05, 3.63) is 23.8 Å². The summed E-state index contributed by atoms with van der Waals surface area (Å²) in [5.74, 6) is 0.798. The van der Waals surface area contributed by atoms with Gasteiger partial charge in [0.05, 0.1) is 0 Å². The van der Waals surface area contributed by atoms with Gasteiger partial charge in [0, 0.05) is 17.3 Å². The number of hydrogen-bond donors (Lipinski definition) is 2. The number of hydrogen-bond acceptors (Lipinski definition) is 3. The van der Waals surface area contributed by atoms with Gasteiger partial charge in [-0.3, -0.25) is 4.79 Å². The summed E-state index contributed by atoms with van der Waals surface area (Å²) in [6.45, 7) is 8.96. The van der Waals surface area contributed by atoms with Gasteiger partial charge in [0.1, 0.15) is 17.4 Å². The molecule has 1 aliphatic heterocycles. The number of benzene rings is 1. The largest absolute Gasteiger partial charge is 0.488 e. The normalized spacial score (nSPS) is 18.1. The van der Waals surface area contributed by atoms with Crippen LogP contribution in [0, 0.1) is 0 Å². The van der Waals surface area contributed by atoms with Gasteiger partial charge in [0.25, 0.3) is 0 Å². The summed E-state index contributed by atoms with van der Waals surface area (Å²) in [7, 11) is 0. The molecule has 1 amide bonds. The highest BCUT2D eigenvalue weighted by molar-refractivity contribution is 6.02. The summed E-state index contributed by atoms with van der Waals surface area (Å²) < 4.78 is 5.93. The van der Waals surface area contributed by atoms with Crippen molar-refractivity contribution in [2.45, 2.75) is 45.8 Å². The smallest absolute Gasteiger partial charge is 0.246 e. The topological polar surface area (TPSA) is 50.4 Å². The zero-order valence-electron chi connectivity index (χ0n) is 12.0. The van der Waals surface area contributed by atoms with Gasteiger partial charge < -0.3 is 15.4 Å². The maximum Gasteiger partial charge on any atom is 0.246 e. The number of rotatable bonds is 5. The van der Waals surface area contributed by atoms with Crippen LogP contribution in [0.3, 0.4) is 0 Å². The van der Waals surface area contributed by atoms with Crippen molar-refractivity contribution >= 4 is 11.6 Å². The molecule has 2 N–H and O–H groups in total. The first-order chi connectivity index (χ1) is 8.96. The van der Waals surface area contributed by atoms with Crippen molar-refractivity contribution < 1.29 is 9.53 Å². The molecule has 0 aromatic heterocycles. The zero-order valence-corrected chi connectivity index (χ0v) is 12.0. The monoisotopic (exact) mass is 262 g/mol. The van der Waals surface area contributed by atoms with E-state index in [0.717, 1.165) is 30.0 Å². The van der Waals surface area contributed by atoms with E-state index in [4.69, 9.17) is 4.74 Å². The van der Waals surface area contributed by atoms with Crippen molar-refractivity contribution in [1.29, 1.82) is 0 Å². The molecule has 104 valence electrons. The lowest BCUT2D eigenvalue weighted by atomic mass is 10.1. The van der Waals surface area contributed by atoms with Gasteiger partial charge >= 0.3 is 0 Å². The van der Waals surface area contributed by atoms with Crippen LogP contribution in [0.5, 0.6) is 5.75 Å². The number of carbonyl (C=O) groups excluding carboxylic acids is 1. The van der Waals surface area contributed by atoms with Crippen LogP contribution in [-0.4, -0.2) is 18.1 Å². The fourth-order valence-electron chi connectivity index (χ4n) is 2.10. The van der Waals surface area contributed by atoms with E-state index in [1.807, 2.05) is 25.1 Å². The Bertz CT molecular complexity index is 483. The van der Waals surface area contributed by atoms with E-state index < -0.39 is 0 Å². The highest BCUT2D eigenvalue weighted by Gasteiger charge is 2.30. The van der Waals surface area contributed by atoms with E-state index in [-0.39, 0.29) is 17.6 Å². The number of ether oxygens (including phenoxy) is 1. The predicted octanol–water partition coefficient (Wildman–Crippen LogP) is 2.86. The number of amides is 1. The third-order valence-corrected chi connectivity index (χ3v) is 3.51. The number of carbonyl (C=O) groups is 1. The van der Waals surface area contributed by atoms with Crippen LogP contribution >= 0.6 is 0 Å². The number of nitrogens with one attached hydrogen (secondary N) is 2. The molecule has 2 rings (SSSR count). The van der Waals surface area contributed by atoms with Gasteiger partial charge in [0.2, 0.25) is 5.91 Å². The standard InChI is InChI=1S/C15H22N2O2/c1-5-15(3,4)19-10-7-8-11-12(9-10)17-14(18)13(11)16-6-2/h7-9,13,16H,5-6H2,1-4H3,(H,17,18). The van der Waals surface area contributed by atoms with Crippen molar-refractivity contribution in [2.75, 3.05) is 11.9 Å². The molecular formula is C15H22N2O2. The molecule has 0 radical (unpaired) electrons. The summed E-state index contributed by atoms with van der Waals surface area (Å²) in [6.07, 6.45) is 0.927. The Labute approximate surface area is 114 Å². The maximum absolute atomic E-state index is 11.9. The molecule has 0 fully saturated rings. The Morgan fingerprint density at radius 1 is 1.37 bits per heavy atom. The predicted molar refractivity (Wildman–Crippen MR) is 76.5 cm³/mol. The Balaban J connectivity index is 2.22. The van der Waals surface area contributed by atoms with Crippen molar-refractivity contribution in [3.8, 4) is 5.75 Å². The molecule has 0 spiro atoms. The van der Waals surface area contributed by atoms with Gasteiger partial charge in [-0.15, -0.1) is 0 Å². The molecule has 1 atom stereocenters. The lowest BCUT2D eigenvalue weighted by Gasteiger charge is -2.25. The molecule has 19 heavy (non-hydrogen) atoms. The van der Waals surface area contributed by atoms with E-state index in [1.165, 1.54) is 0 Å². The van der Waals surface area contributed by atoms with Crippen LogP contribution < -0.4 is 15.4 Å². The molecular weight excluding hydrogens is 240 g/mol. The minimum Gasteiger partial charge on any atom is -0.488 e. The summed E-state index contributed by atoms with van der Waals surface area (Å²) in [6, 6.07) is 5.55. The Morgan fingerprint density at radius 3 is 2.74 bits per heavy atom. The average Bonchev–Trinajstić information content (AvgIpc) is 2.65. The van der Waals surface area contributed by atoms with E-state index >= 15 is 0 Å². The lowest BCUT2D eigenvalue weighted by Crippen LogP contribution is -2.27. The van der Waals surface area contributed by atoms with E-state index in [9.17, 15) is 4.79 Å². The Morgan fingerprint density at radius 2 is 2.11 bits per heavy atom. The summed E-state index contributed by atoms with van der Waals surface area (Å²) in [5.41, 5.74) is 1.65. The first kappa shape index (κ1) is 13.9. The molecule has 0 saturated carbocycles. The number of fused-ring (bicyclic) bond motifs is 1. The molecule has 0 aliphatic carbocycles. The van der Waals surface area contributed by atoms with Gasteiger partial charge in [-0.25, -0.2) is 0 Å². The Hall–Kier alpha value is -1.55. The molecule has 0 bridgehead atoms. The molecule has 1 unspecified atom stereocenters. The molecule has 4 heteroatoms. The maximum atomic E-state index is 11.9. The second kappa shape index (κ2) is 5.21. The van der Waals surface area contributed by atoms with Gasteiger partial charge in [0.15, 0.2) is 0 Å². The first-order valence-electron chi connectivity index (χ1n) is 6.84. The van der Waals surface area contributed by atoms with E-state index in [1.54, 1.807) is 0 Å². The quantitative estimate of drug-likeness (QED) is 0.858. The minimum absolute atomic E-state index is 0.00347. The van der Waals surface area contributed by atoms with Crippen LogP contribution in [-0.2, 0) is 4.79 Å². The minimum atomic E-state index is -0.242. The van der Waals surface area contributed by atoms with E-state index in [2.05, 4.69) is 31.4 Å². The molecule has 1 aliphatic rings. The van der Waals surface area contributed by atoms with Gasteiger partial charge in [-0.1, -0.05) is 19.9 Å². The highest BCUT2D eigenvalue weighted by atomic mass is 16.5. The molecule has 0 saturated heterocycles. The first-order valence-corrected chi connectivity index (χ1v) is 6.84. The summed E-state index contributed by atoms with van der Waals surface area (Å²) in [5, 5.41) is 6.07. The van der Waals surface area contributed by atoms with Gasteiger partial charge in [-0.05, 0) is 32.9 Å². The van der Waals surface area contributed by atoms with Crippen molar-refractivity contribution in [2.24, 2.45) is 0 Å². The number of anilines is 1. The summed E-state index contributed by atoms with van der Waals surface area (Å²) in [4.78, 5) is 11.9. The molecule has 1 aromatic rings. The second-order valence-electron chi connectivity index (χ2n) is 5.44. The average molecular weight is 262 g/mol. The third kappa shape index (κ3) is 2.89. The van der Waals surface area contributed by atoms with Crippen LogP contribution in [0.1, 0.15) is 45.7 Å². The molecule has 1 heterocycles. The van der Waals surface area contributed by atoms with Crippen LogP contribution in [0.4, 0.5) is 5.69 Å². The van der Waals surface area contributed by atoms with Crippen molar-refractivity contribution in [1.82, 2.24) is 5.32 Å². The lowest BCUT2D eigenvalue weighted by molar-refractivity contribution is -0.117. The third-order valence-electron chi connectivity index (χ3n) is 3.51. The molecule has 4 nitrogen and oxygen atoms in total. The highest BCUT2D eigenvalue weighted by Crippen LogP contribution is 2.34. The number of likely N-dealkylation sites (N-methyl/N-ethyl adjacent to an activating group) is 1. The van der Waals surface area contributed by atoms with E-state index in [0.29, 0.717) is 0 Å². The zero-order chi connectivity index (χ0) is 14.0. The van der Waals surface area contributed by atoms with Crippen LogP contribution in [0.25, 0.3) is 0 Å². The van der Waals surface area contributed by atoms with Crippen LogP contribution in [0.15, 0.2) is 18.2 Å². The fraction of sp³-hybridized carbons (Fsp3) is 0.533. The summed E-state index contributed by atoms with van der Waals surface area (Å²) >= 11 is 0. The SMILES string of the molecule is CCNC1C(=O)Nc2cc(OC(C)(C)CC)ccc21. The van der Waals surface area contributed by atoms with Gasteiger partial charge in [-0.2, -0.15) is 0 Å². The second-order valence-corrected chi connectivity index (χ2v) is 5.44.